The van der Waals surface area contributed by atoms with E-state index in [1.165, 1.54) is 12.8 Å². The molecule has 0 saturated carbocycles. The Labute approximate surface area is 130 Å². The molecule has 4 nitrogen and oxygen atoms in total. The van der Waals surface area contributed by atoms with Gasteiger partial charge in [0.05, 0.1) is 6.42 Å². The summed E-state index contributed by atoms with van der Waals surface area (Å²) in [6.07, 6.45) is 7.63. The van der Waals surface area contributed by atoms with E-state index in [1.54, 1.807) is 11.8 Å². The van der Waals surface area contributed by atoms with E-state index in [4.69, 9.17) is 4.74 Å². The van der Waals surface area contributed by atoms with Crippen LogP contribution in [0, 0.1) is 0 Å². The summed E-state index contributed by atoms with van der Waals surface area (Å²) in [5, 5.41) is 0. The van der Waals surface area contributed by atoms with Crippen molar-refractivity contribution in [1.29, 1.82) is 0 Å². The monoisotopic (exact) mass is 299 g/mol. The van der Waals surface area contributed by atoms with E-state index in [0.29, 0.717) is 13.0 Å². The zero-order valence-electron chi connectivity index (χ0n) is 14.3. The Morgan fingerprint density at radius 3 is 2.19 bits per heavy atom. The minimum absolute atomic E-state index is 0.0328. The van der Waals surface area contributed by atoms with E-state index in [1.807, 2.05) is 6.92 Å². The summed E-state index contributed by atoms with van der Waals surface area (Å²) in [6.45, 7) is 9.06. The Bertz CT molecular complexity index is 292. The molecule has 1 amide bonds. The van der Waals surface area contributed by atoms with Crippen LogP contribution in [0.2, 0.25) is 0 Å². The van der Waals surface area contributed by atoms with Crippen LogP contribution in [-0.2, 0) is 14.3 Å². The molecule has 0 fully saturated rings. The van der Waals surface area contributed by atoms with Crippen molar-refractivity contribution in [2.75, 3.05) is 13.1 Å². The van der Waals surface area contributed by atoms with Crippen molar-refractivity contribution in [3.8, 4) is 0 Å². The maximum atomic E-state index is 11.9. The van der Waals surface area contributed by atoms with Crippen LogP contribution in [0.4, 0.5) is 0 Å². The average Bonchev–Trinajstić information content (AvgIpc) is 2.46. The van der Waals surface area contributed by atoms with Crippen molar-refractivity contribution >= 4 is 11.9 Å². The molecule has 0 saturated heterocycles. The maximum absolute atomic E-state index is 11.9. The van der Waals surface area contributed by atoms with Crippen LogP contribution in [0.3, 0.4) is 0 Å². The summed E-state index contributed by atoms with van der Waals surface area (Å²) in [7, 11) is 0. The molecule has 0 spiro atoms. The Morgan fingerprint density at radius 2 is 1.67 bits per heavy atom. The number of ether oxygens (including phenoxy) is 1. The molecule has 0 radical (unpaired) electrons. The van der Waals surface area contributed by atoms with Gasteiger partial charge in [0.1, 0.15) is 6.10 Å². The van der Waals surface area contributed by atoms with E-state index < -0.39 is 0 Å². The molecule has 4 heteroatoms. The number of hydrogen-bond acceptors (Lipinski definition) is 3. The fourth-order valence-electron chi connectivity index (χ4n) is 2.22. The first kappa shape index (κ1) is 19.9. The lowest BCUT2D eigenvalue weighted by Gasteiger charge is -2.21. The van der Waals surface area contributed by atoms with Crippen LogP contribution in [0.15, 0.2) is 0 Å². The molecule has 0 aromatic heterocycles. The summed E-state index contributed by atoms with van der Waals surface area (Å²) in [6, 6.07) is 0. The fraction of sp³-hybridized carbons (Fsp3) is 0.882. The number of rotatable bonds is 12. The van der Waals surface area contributed by atoms with Crippen molar-refractivity contribution in [3.05, 3.63) is 0 Å². The lowest BCUT2D eigenvalue weighted by molar-refractivity contribution is -0.150. The van der Waals surface area contributed by atoms with Gasteiger partial charge in [-0.3, -0.25) is 9.59 Å². The van der Waals surface area contributed by atoms with Gasteiger partial charge in [0.15, 0.2) is 0 Å². The molecule has 0 aliphatic rings. The van der Waals surface area contributed by atoms with E-state index in [-0.39, 0.29) is 18.0 Å². The molecule has 0 heterocycles. The van der Waals surface area contributed by atoms with Crippen LogP contribution in [0.25, 0.3) is 0 Å². The van der Waals surface area contributed by atoms with Gasteiger partial charge in [-0.1, -0.05) is 40.0 Å². The van der Waals surface area contributed by atoms with Gasteiger partial charge >= 0.3 is 5.97 Å². The van der Waals surface area contributed by atoms with E-state index in [2.05, 4.69) is 13.8 Å². The first-order chi connectivity index (χ1) is 10.0. The number of nitrogens with zero attached hydrogens (tertiary/aromatic N) is 1. The molecule has 0 aromatic carbocycles. The zero-order valence-corrected chi connectivity index (χ0v) is 14.3. The van der Waals surface area contributed by atoms with E-state index in [9.17, 15) is 9.59 Å². The third-order valence-electron chi connectivity index (χ3n) is 3.70. The average molecular weight is 299 g/mol. The van der Waals surface area contributed by atoms with Crippen LogP contribution in [0.1, 0.15) is 79.1 Å². The van der Waals surface area contributed by atoms with Crippen LogP contribution in [-0.4, -0.2) is 36.0 Å². The first-order valence-electron chi connectivity index (χ1n) is 8.50. The molecule has 1 atom stereocenters. The van der Waals surface area contributed by atoms with Crippen molar-refractivity contribution in [2.24, 2.45) is 0 Å². The summed E-state index contributed by atoms with van der Waals surface area (Å²) in [5.41, 5.74) is 0. The molecule has 124 valence electrons. The molecule has 0 rings (SSSR count). The second-order valence-corrected chi connectivity index (χ2v) is 5.63. The minimum atomic E-state index is -0.180. The third kappa shape index (κ3) is 10.3. The SMILES string of the molecule is CCCCCC(CC)OC(=O)CCN(CCCC)C(C)=O. The van der Waals surface area contributed by atoms with E-state index in [0.717, 1.165) is 38.6 Å². The predicted octanol–water partition coefficient (Wildman–Crippen LogP) is 3.93. The van der Waals surface area contributed by atoms with Gasteiger partial charge in [0.2, 0.25) is 5.91 Å². The van der Waals surface area contributed by atoms with Crippen molar-refractivity contribution in [1.82, 2.24) is 4.90 Å². The summed E-state index contributed by atoms with van der Waals surface area (Å²) < 4.78 is 5.50. The number of carbonyl (C=O) groups is 2. The predicted molar refractivity (Wildman–Crippen MR) is 86.1 cm³/mol. The van der Waals surface area contributed by atoms with Gasteiger partial charge in [0.25, 0.3) is 0 Å². The molecular formula is C17H33NO3. The molecule has 0 aromatic rings. The lowest BCUT2D eigenvalue weighted by atomic mass is 10.1. The van der Waals surface area contributed by atoms with Gasteiger partial charge in [-0.05, 0) is 25.7 Å². The molecule has 0 bridgehead atoms. The van der Waals surface area contributed by atoms with Gasteiger partial charge in [0, 0.05) is 20.0 Å². The molecular weight excluding hydrogens is 266 g/mol. The number of unbranched alkanes of at least 4 members (excludes halogenated alkanes) is 3. The standard InChI is InChI=1S/C17H33NO3/c1-5-8-10-11-16(7-3)21-17(20)12-14-18(15(4)19)13-9-6-2/h16H,5-14H2,1-4H3. The van der Waals surface area contributed by atoms with Crippen molar-refractivity contribution in [2.45, 2.75) is 85.2 Å². The minimum Gasteiger partial charge on any atom is -0.462 e. The first-order valence-corrected chi connectivity index (χ1v) is 8.50. The quantitative estimate of drug-likeness (QED) is 0.405. The largest absolute Gasteiger partial charge is 0.462 e. The third-order valence-corrected chi connectivity index (χ3v) is 3.70. The van der Waals surface area contributed by atoms with Gasteiger partial charge in [-0.2, -0.15) is 0 Å². The maximum Gasteiger partial charge on any atom is 0.307 e. The normalized spacial score (nSPS) is 12.0. The highest BCUT2D eigenvalue weighted by atomic mass is 16.5. The smallest absolute Gasteiger partial charge is 0.307 e. The summed E-state index contributed by atoms with van der Waals surface area (Å²) in [5.74, 6) is -0.146. The Balaban J connectivity index is 4.06. The number of hydrogen-bond donors (Lipinski definition) is 0. The van der Waals surface area contributed by atoms with Gasteiger partial charge in [-0.15, -0.1) is 0 Å². The Morgan fingerprint density at radius 1 is 1.00 bits per heavy atom. The molecule has 0 aliphatic heterocycles. The lowest BCUT2D eigenvalue weighted by Crippen LogP contribution is -2.32. The van der Waals surface area contributed by atoms with E-state index >= 15 is 0 Å². The number of amides is 1. The second kappa shape index (κ2) is 12.7. The Hall–Kier alpha value is -1.06. The highest BCUT2D eigenvalue weighted by Gasteiger charge is 2.15. The molecule has 21 heavy (non-hydrogen) atoms. The highest BCUT2D eigenvalue weighted by Crippen LogP contribution is 2.11. The molecule has 1 unspecified atom stereocenters. The second-order valence-electron chi connectivity index (χ2n) is 5.63. The van der Waals surface area contributed by atoms with Crippen LogP contribution in [0.5, 0.6) is 0 Å². The summed E-state index contributed by atoms with van der Waals surface area (Å²) >= 11 is 0. The summed E-state index contributed by atoms with van der Waals surface area (Å²) in [4.78, 5) is 25.1. The number of carbonyl (C=O) groups excluding carboxylic acids is 2. The van der Waals surface area contributed by atoms with Gasteiger partial charge in [-0.25, -0.2) is 0 Å². The van der Waals surface area contributed by atoms with Crippen LogP contribution >= 0.6 is 0 Å². The zero-order chi connectivity index (χ0) is 16.1. The van der Waals surface area contributed by atoms with Crippen LogP contribution < -0.4 is 0 Å². The van der Waals surface area contributed by atoms with Crippen molar-refractivity contribution in [3.63, 3.8) is 0 Å². The Kier molecular flexibility index (Phi) is 12.0. The molecule has 0 aliphatic carbocycles. The molecule has 0 N–H and O–H groups in total. The van der Waals surface area contributed by atoms with Gasteiger partial charge < -0.3 is 9.64 Å². The number of esters is 1. The fourth-order valence-corrected chi connectivity index (χ4v) is 2.22. The highest BCUT2D eigenvalue weighted by molar-refractivity contribution is 5.75. The van der Waals surface area contributed by atoms with Crippen molar-refractivity contribution < 1.29 is 14.3 Å². The topological polar surface area (TPSA) is 46.6 Å².